The van der Waals surface area contributed by atoms with Gasteiger partial charge in [-0.25, -0.2) is 4.79 Å². The van der Waals surface area contributed by atoms with Crippen LogP contribution in [0.15, 0.2) is 23.9 Å². The molecule has 2 fully saturated rings. The monoisotopic (exact) mass is 396 g/mol. The highest BCUT2D eigenvalue weighted by Crippen LogP contribution is 2.47. The molecule has 0 bridgehead atoms. The standard InChI is InChI=1S/C22H24N2O5/c1-13-8-19(25)17(21(26)27)10-23-5-2-14-15-3-6-28-20(15)18(9-16(13)14)24-11-22(12-24)4-7-29-22/h8-10,23H,2-7,11-12H2,1H3,(H,26,27)/b13-8+,17-10+. The number of benzene rings is 1. The zero-order valence-corrected chi connectivity index (χ0v) is 16.4. The molecule has 2 saturated heterocycles. The van der Waals surface area contributed by atoms with Gasteiger partial charge in [0.05, 0.1) is 18.9 Å². The largest absolute Gasteiger partial charge is 0.491 e. The average molecular weight is 396 g/mol. The third-order valence-corrected chi connectivity index (χ3v) is 6.37. The third kappa shape index (κ3) is 2.92. The fourth-order valence-electron chi connectivity index (χ4n) is 4.72. The minimum atomic E-state index is -1.22. The Kier molecular flexibility index (Phi) is 4.17. The molecule has 4 heterocycles. The second kappa shape index (κ2) is 6.62. The first-order valence-electron chi connectivity index (χ1n) is 10.1. The Morgan fingerprint density at radius 1 is 1.24 bits per heavy atom. The van der Waals surface area contributed by atoms with E-state index in [2.05, 4.69) is 16.3 Å². The van der Waals surface area contributed by atoms with E-state index in [1.54, 1.807) is 0 Å². The van der Waals surface area contributed by atoms with Crippen molar-refractivity contribution in [2.45, 2.75) is 31.8 Å². The summed E-state index contributed by atoms with van der Waals surface area (Å²) in [5.41, 5.74) is 4.99. The highest BCUT2D eigenvalue weighted by molar-refractivity contribution is 6.22. The first kappa shape index (κ1) is 18.2. The molecule has 0 radical (unpaired) electrons. The maximum absolute atomic E-state index is 12.5. The molecule has 0 aliphatic carbocycles. The molecule has 0 aromatic heterocycles. The molecule has 7 heteroatoms. The van der Waals surface area contributed by atoms with Crippen molar-refractivity contribution in [3.8, 4) is 5.75 Å². The summed E-state index contributed by atoms with van der Waals surface area (Å²) in [5, 5.41) is 12.3. The molecule has 0 atom stereocenters. The summed E-state index contributed by atoms with van der Waals surface area (Å²) < 4.78 is 11.8. The van der Waals surface area contributed by atoms with Gasteiger partial charge in [-0.2, -0.15) is 0 Å². The molecule has 0 unspecified atom stereocenters. The molecular weight excluding hydrogens is 372 g/mol. The normalized spacial score (nSPS) is 25.8. The predicted molar refractivity (Wildman–Crippen MR) is 107 cm³/mol. The molecule has 2 N–H and O–H groups in total. The minimum Gasteiger partial charge on any atom is -0.491 e. The Bertz CT molecular complexity index is 966. The Morgan fingerprint density at radius 3 is 2.72 bits per heavy atom. The number of carbonyl (C=O) groups excluding carboxylic acids is 1. The molecular formula is C22H24N2O5. The van der Waals surface area contributed by atoms with Crippen LogP contribution in [0.25, 0.3) is 5.57 Å². The van der Waals surface area contributed by atoms with Crippen molar-refractivity contribution in [3.63, 3.8) is 0 Å². The number of nitrogens with zero attached hydrogens (tertiary/aromatic N) is 1. The van der Waals surface area contributed by atoms with Gasteiger partial charge in [-0.05, 0) is 42.2 Å². The number of ether oxygens (including phenoxy) is 2. The Labute approximate surface area is 169 Å². The lowest BCUT2D eigenvalue weighted by Crippen LogP contribution is -2.68. The van der Waals surface area contributed by atoms with Gasteiger partial charge in [0.2, 0.25) is 0 Å². The molecule has 1 aromatic carbocycles. The van der Waals surface area contributed by atoms with Crippen LogP contribution in [0.4, 0.5) is 5.69 Å². The van der Waals surface area contributed by atoms with Gasteiger partial charge in [0.15, 0.2) is 5.78 Å². The summed E-state index contributed by atoms with van der Waals surface area (Å²) in [4.78, 5) is 26.2. The number of anilines is 1. The van der Waals surface area contributed by atoms with Crippen molar-refractivity contribution in [1.29, 1.82) is 0 Å². The summed E-state index contributed by atoms with van der Waals surface area (Å²) in [7, 11) is 0. The van der Waals surface area contributed by atoms with Crippen LogP contribution in [0, 0.1) is 0 Å². The van der Waals surface area contributed by atoms with Crippen LogP contribution in [0.5, 0.6) is 5.75 Å². The van der Waals surface area contributed by atoms with Gasteiger partial charge in [0.25, 0.3) is 0 Å². The second-order valence-corrected chi connectivity index (χ2v) is 8.22. The van der Waals surface area contributed by atoms with E-state index in [1.165, 1.54) is 23.4 Å². The molecule has 29 heavy (non-hydrogen) atoms. The van der Waals surface area contributed by atoms with E-state index in [9.17, 15) is 14.7 Å². The van der Waals surface area contributed by atoms with Gasteiger partial charge in [0, 0.05) is 44.2 Å². The molecule has 0 saturated carbocycles. The van der Waals surface area contributed by atoms with Crippen LogP contribution in [0.1, 0.15) is 30.0 Å². The Balaban J connectivity index is 1.57. The van der Waals surface area contributed by atoms with E-state index < -0.39 is 11.8 Å². The lowest BCUT2D eigenvalue weighted by Gasteiger charge is -2.56. The van der Waals surface area contributed by atoms with Gasteiger partial charge >= 0.3 is 5.97 Å². The molecule has 5 rings (SSSR count). The van der Waals surface area contributed by atoms with Crippen LogP contribution < -0.4 is 15.0 Å². The van der Waals surface area contributed by atoms with Crippen LogP contribution in [-0.4, -0.2) is 55.3 Å². The fraction of sp³-hybridized carbons (Fsp3) is 0.455. The highest BCUT2D eigenvalue weighted by atomic mass is 16.5. The van der Waals surface area contributed by atoms with Crippen molar-refractivity contribution in [3.05, 3.63) is 40.6 Å². The van der Waals surface area contributed by atoms with E-state index in [0.29, 0.717) is 13.2 Å². The number of allylic oxidation sites excluding steroid dienone is 2. The SMILES string of the molecule is C/C1=C\C(=O)/C(C(=O)O)=C\NCCc2c1cc(N1CC3(CCO3)C1)c1c2CCO1. The van der Waals surface area contributed by atoms with Crippen molar-refractivity contribution in [2.24, 2.45) is 0 Å². The van der Waals surface area contributed by atoms with Crippen molar-refractivity contribution in [1.82, 2.24) is 5.32 Å². The van der Waals surface area contributed by atoms with Crippen LogP contribution in [-0.2, 0) is 27.2 Å². The molecule has 4 aliphatic heterocycles. The molecule has 0 amide bonds. The smallest absolute Gasteiger partial charge is 0.341 e. The number of carbonyl (C=O) groups is 2. The van der Waals surface area contributed by atoms with Crippen molar-refractivity contribution < 1.29 is 24.2 Å². The minimum absolute atomic E-state index is 0.0110. The zero-order chi connectivity index (χ0) is 20.2. The Hall–Kier alpha value is -2.80. The number of carboxylic acids is 1. The maximum atomic E-state index is 12.5. The van der Waals surface area contributed by atoms with Crippen LogP contribution >= 0.6 is 0 Å². The number of rotatable bonds is 2. The molecule has 4 aliphatic rings. The second-order valence-electron chi connectivity index (χ2n) is 8.22. The van der Waals surface area contributed by atoms with E-state index in [1.807, 2.05) is 6.92 Å². The summed E-state index contributed by atoms with van der Waals surface area (Å²) in [5.74, 6) is -0.767. The summed E-state index contributed by atoms with van der Waals surface area (Å²) >= 11 is 0. The summed E-state index contributed by atoms with van der Waals surface area (Å²) in [6.45, 7) is 5.64. The number of carboxylic acid groups (broad SMARTS) is 1. The van der Waals surface area contributed by atoms with Crippen LogP contribution in [0.3, 0.4) is 0 Å². The molecule has 7 nitrogen and oxygen atoms in total. The van der Waals surface area contributed by atoms with E-state index >= 15 is 0 Å². The van der Waals surface area contributed by atoms with Gasteiger partial charge in [-0.15, -0.1) is 0 Å². The average Bonchev–Trinajstić information content (AvgIpc) is 3.08. The van der Waals surface area contributed by atoms with Gasteiger partial charge < -0.3 is 24.8 Å². The van der Waals surface area contributed by atoms with Gasteiger partial charge in [0.1, 0.15) is 16.9 Å². The van der Waals surface area contributed by atoms with E-state index in [-0.39, 0.29) is 11.2 Å². The van der Waals surface area contributed by atoms with Crippen LogP contribution in [0.2, 0.25) is 0 Å². The first-order valence-corrected chi connectivity index (χ1v) is 10.1. The van der Waals surface area contributed by atoms with E-state index in [4.69, 9.17) is 9.47 Å². The number of aliphatic carboxylic acids is 1. The predicted octanol–water partition coefficient (Wildman–Crippen LogP) is 1.69. The topological polar surface area (TPSA) is 88.1 Å². The quantitative estimate of drug-likeness (QED) is 0.736. The van der Waals surface area contributed by atoms with Gasteiger partial charge in [-0.3, -0.25) is 4.79 Å². The summed E-state index contributed by atoms with van der Waals surface area (Å²) in [6.07, 6.45) is 5.42. The van der Waals surface area contributed by atoms with Crippen molar-refractivity contribution in [2.75, 3.05) is 37.7 Å². The maximum Gasteiger partial charge on any atom is 0.341 e. The third-order valence-electron chi connectivity index (χ3n) is 6.37. The Morgan fingerprint density at radius 2 is 2.03 bits per heavy atom. The van der Waals surface area contributed by atoms with E-state index in [0.717, 1.165) is 61.5 Å². The number of nitrogens with one attached hydrogen (secondary N) is 1. The lowest BCUT2D eigenvalue weighted by molar-refractivity contribution is -0.160. The highest BCUT2D eigenvalue weighted by Gasteiger charge is 2.50. The summed E-state index contributed by atoms with van der Waals surface area (Å²) in [6, 6.07) is 2.11. The zero-order valence-electron chi connectivity index (χ0n) is 16.4. The number of ketones is 1. The van der Waals surface area contributed by atoms with Crippen molar-refractivity contribution >= 4 is 23.0 Å². The van der Waals surface area contributed by atoms with Gasteiger partial charge in [-0.1, -0.05) is 0 Å². The number of hydrogen-bond donors (Lipinski definition) is 2. The molecule has 152 valence electrons. The fourth-order valence-corrected chi connectivity index (χ4v) is 4.72. The number of hydrogen-bond acceptors (Lipinski definition) is 6. The lowest BCUT2D eigenvalue weighted by atomic mass is 9.84. The molecule has 1 spiro atoms. The molecule has 1 aromatic rings. The number of fused-ring (bicyclic) bond motifs is 3. The first-order chi connectivity index (χ1) is 14.0.